The maximum atomic E-state index is 13.2. The van der Waals surface area contributed by atoms with Gasteiger partial charge in [0.15, 0.2) is 5.69 Å². The first-order valence-corrected chi connectivity index (χ1v) is 11.8. The summed E-state index contributed by atoms with van der Waals surface area (Å²) < 4.78 is 7.91. The lowest BCUT2D eigenvalue weighted by Crippen LogP contribution is -2.41. The fourth-order valence-corrected chi connectivity index (χ4v) is 4.90. The second kappa shape index (κ2) is 10.0. The van der Waals surface area contributed by atoms with Gasteiger partial charge in [-0.05, 0) is 63.2 Å². The van der Waals surface area contributed by atoms with Crippen molar-refractivity contribution in [1.82, 2.24) is 19.6 Å². The van der Waals surface area contributed by atoms with Gasteiger partial charge in [-0.15, -0.1) is 0 Å². The van der Waals surface area contributed by atoms with E-state index < -0.39 is 0 Å². The Morgan fingerprint density at radius 3 is 2.62 bits per heavy atom. The fraction of sp³-hybridized carbons (Fsp3) is 0.600. The molecular formula is C25H36N4O3. The number of para-hydroxylation sites is 1. The number of aliphatic hydroxyl groups is 1. The molecule has 3 aliphatic rings. The van der Waals surface area contributed by atoms with Gasteiger partial charge in [-0.3, -0.25) is 14.4 Å². The number of hydrogen-bond donors (Lipinski definition) is 1. The van der Waals surface area contributed by atoms with E-state index in [4.69, 9.17) is 4.74 Å². The Morgan fingerprint density at radius 1 is 1.12 bits per heavy atom. The molecule has 5 rings (SSSR count). The zero-order valence-electron chi connectivity index (χ0n) is 19.4. The largest absolute Gasteiger partial charge is 0.491 e. The van der Waals surface area contributed by atoms with Gasteiger partial charge in [0.05, 0.1) is 6.54 Å². The molecule has 3 aliphatic heterocycles. The van der Waals surface area contributed by atoms with Crippen LogP contribution in [0.1, 0.15) is 53.8 Å². The van der Waals surface area contributed by atoms with E-state index in [-0.39, 0.29) is 17.9 Å². The molecule has 1 N–H and O–H groups in total. The first kappa shape index (κ1) is 22.8. The molecule has 0 aliphatic carbocycles. The van der Waals surface area contributed by atoms with Crippen molar-refractivity contribution in [2.45, 2.75) is 45.6 Å². The summed E-state index contributed by atoms with van der Waals surface area (Å²) >= 11 is 0. The molecule has 4 heterocycles. The van der Waals surface area contributed by atoms with Gasteiger partial charge in [0.1, 0.15) is 12.4 Å². The Kier molecular flexibility index (Phi) is 7.16. The van der Waals surface area contributed by atoms with Crippen LogP contribution in [0.4, 0.5) is 0 Å². The Bertz CT molecular complexity index is 898. The van der Waals surface area contributed by atoms with E-state index in [0.29, 0.717) is 25.4 Å². The molecule has 1 fully saturated rings. The predicted octanol–water partition coefficient (Wildman–Crippen LogP) is 3.01. The molecule has 0 unspecified atom stereocenters. The van der Waals surface area contributed by atoms with Gasteiger partial charge in [-0.25, -0.2) is 0 Å². The van der Waals surface area contributed by atoms with Crippen molar-refractivity contribution in [2.75, 3.05) is 39.4 Å². The number of aromatic nitrogens is 2. The summed E-state index contributed by atoms with van der Waals surface area (Å²) in [4.78, 5) is 17.5. The van der Waals surface area contributed by atoms with Crippen molar-refractivity contribution in [3.05, 3.63) is 47.3 Å². The lowest BCUT2D eigenvalue weighted by atomic mass is 9.75. The van der Waals surface area contributed by atoms with Gasteiger partial charge in [0.2, 0.25) is 0 Å². The van der Waals surface area contributed by atoms with Crippen LogP contribution < -0.4 is 4.74 Å². The highest BCUT2D eigenvalue weighted by atomic mass is 16.5. The smallest absolute Gasteiger partial charge is 0.274 e. The normalized spacial score (nSPS) is 24.8. The summed E-state index contributed by atoms with van der Waals surface area (Å²) in [5.74, 6) is 0.848. The Morgan fingerprint density at radius 2 is 1.91 bits per heavy atom. The topological polar surface area (TPSA) is 70.8 Å². The highest BCUT2D eigenvalue weighted by Crippen LogP contribution is 2.37. The number of amides is 1. The summed E-state index contributed by atoms with van der Waals surface area (Å²) in [5, 5.41) is 14.6. The second-order valence-electron chi connectivity index (χ2n) is 9.43. The Hall–Kier alpha value is -2.38. The molecule has 1 aromatic heterocycles. The molecule has 174 valence electrons. The van der Waals surface area contributed by atoms with Crippen LogP contribution in [-0.2, 0) is 13.6 Å². The maximum absolute atomic E-state index is 13.2. The van der Waals surface area contributed by atoms with Gasteiger partial charge in [0, 0.05) is 38.0 Å². The van der Waals surface area contributed by atoms with Gasteiger partial charge in [-0.2, -0.15) is 5.10 Å². The number of benzene rings is 1. The molecule has 0 atom stereocenters. The SMILES string of the molecule is Cc1cc(C(=O)N2CCCCC3(CO)CCN(CC3)Cc3ccccc3OCC2)nn1C. The van der Waals surface area contributed by atoms with Crippen molar-refractivity contribution in [3.63, 3.8) is 0 Å². The van der Waals surface area contributed by atoms with E-state index in [1.54, 1.807) is 4.68 Å². The van der Waals surface area contributed by atoms with E-state index in [1.807, 2.05) is 37.1 Å². The minimum atomic E-state index is -0.0428. The highest BCUT2D eigenvalue weighted by molar-refractivity contribution is 5.92. The van der Waals surface area contributed by atoms with E-state index in [9.17, 15) is 9.90 Å². The molecule has 2 aromatic rings. The number of carbonyl (C=O) groups is 1. The average molecular weight is 441 g/mol. The molecule has 0 saturated carbocycles. The predicted molar refractivity (Wildman–Crippen MR) is 124 cm³/mol. The number of nitrogens with zero attached hydrogens (tertiary/aromatic N) is 4. The van der Waals surface area contributed by atoms with Gasteiger partial charge in [-0.1, -0.05) is 24.6 Å². The second-order valence-corrected chi connectivity index (χ2v) is 9.43. The van der Waals surface area contributed by atoms with Gasteiger partial charge >= 0.3 is 0 Å². The van der Waals surface area contributed by atoms with Crippen LogP contribution in [0, 0.1) is 12.3 Å². The van der Waals surface area contributed by atoms with Crippen molar-refractivity contribution in [3.8, 4) is 5.75 Å². The molecule has 1 amide bonds. The fourth-order valence-electron chi connectivity index (χ4n) is 4.90. The number of ether oxygens (including phenoxy) is 1. The molecule has 0 spiro atoms. The summed E-state index contributed by atoms with van der Waals surface area (Å²) in [7, 11) is 1.86. The van der Waals surface area contributed by atoms with Crippen molar-refractivity contribution in [1.29, 1.82) is 0 Å². The van der Waals surface area contributed by atoms with Crippen LogP contribution in [0.5, 0.6) is 5.75 Å². The van der Waals surface area contributed by atoms with E-state index in [2.05, 4.69) is 22.1 Å². The molecule has 32 heavy (non-hydrogen) atoms. The summed E-state index contributed by atoms with van der Waals surface area (Å²) in [6, 6.07) is 10.0. The van der Waals surface area contributed by atoms with Crippen molar-refractivity contribution in [2.24, 2.45) is 12.5 Å². The molecule has 1 aromatic carbocycles. The molecule has 0 radical (unpaired) electrons. The Labute approximate surface area is 191 Å². The maximum Gasteiger partial charge on any atom is 0.274 e. The first-order valence-electron chi connectivity index (χ1n) is 11.8. The molecule has 7 nitrogen and oxygen atoms in total. The summed E-state index contributed by atoms with van der Waals surface area (Å²) in [6.07, 6.45) is 4.96. The van der Waals surface area contributed by atoms with E-state index in [1.165, 1.54) is 5.56 Å². The van der Waals surface area contributed by atoms with Crippen LogP contribution in [0.25, 0.3) is 0 Å². The number of piperidine rings is 1. The monoisotopic (exact) mass is 440 g/mol. The minimum absolute atomic E-state index is 0.0135. The lowest BCUT2D eigenvalue weighted by Gasteiger charge is -2.41. The van der Waals surface area contributed by atoms with Crippen molar-refractivity contribution < 1.29 is 14.6 Å². The average Bonchev–Trinajstić information content (AvgIpc) is 3.14. The first-order chi connectivity index (χ1) is 15.5. The Balaban J connectivity index is 1.53. The summed E-state index contributed by atoms with van der Waals surface area (Å²) in [5.41, 5.74) is 2.64. The third-order valence-electron chi connectivity index (χ3n) is 7.24. The van der Waals surface area contributed by atoms with Crippen LogP contribution in [0.15, 0.2) is 30.3 Å². The number of carbonyl (C=O) groups excluding carboxylic acids is 1. The molecule has 1 saturated heterocycles. The van der Waals surface area contributed by atoms with Crippen LogP contribution in [0.3, 0.4) is 0 Å². The number of rotatable bonds is 2. The minimum Gasteiger partial charge on any atom is -0.491 e. The molecule has 2 bridgehead atoms. The quantitative estimate of drug-likeness (QED) is 0.777. The zero-order valence-corrected chi connectivity index (χ0v) is 19.4. The molecular weight excluding hydrogens is 404 g/mol. The van der Waals surface area contributed by atoms with Crippen LogP contribution in [0.2, 0.25) is 0 Å². The number of hydrogen-bond acceptors (Lipinski definition) is 5. The number of fused-ring (bicyclic) bond motifs is 9. The third kappa shape index (κ3) is 5.15. The number of aliphatic hydroxyl groups excluding tert-OH is 1. The van der Waals surface area contributed by atoms with Crippen molar-refractivity contribution >= 4 is 5.91 Å². The standard InChI is InChI=1S/C25H36N4O3/c1-20-17-22(26-27(20)2)24(31)29-12-6-5-9-25(19-30)10-13-28(14-11-25)18-21-7-3-4-8-23(21)32-16-15-29/h3-4,7-8,17,30H,5-6,9-16,18-19H2,1-2H3. The van der Waals surface area contributed by atoms with E-state index in [0.717, 1.165) is 63.2 Å². The molecule has 7 heteroatoms. The van der Waals surface area contributed by atoms with Crippen LogP contribution >= 0.6 is 0 Å². The summed E-state index contributed by atoms with van der Waals surface area (Å²) in [6.45, 7) is 6.70. The lowest BCUT2D eigenvalue weighted by molar-refractivity contribution is 0.0319. The highest BCUT2D eigenvalue weighted by Gasteiger charge is 2.34. The van der Waals surface area contributed by atoms with Crippen LogP contribution in [-0.4, -0.2) is 70.0 Å². The third-order valence-corrected chi connectivity index (χ3v) is 7.24. The number of aryl methyl sites for hydroxylation is 2. The van der Waals surface area contributed by atoms with E-state index >= 15 is 0 Å². The van der Waals surface area contributed by atoms with Gasteiger partial charge in [0.25, 0.3) is 5.91 Å². The zero-order chi connectivity index (χ0) is 22.6. The van der Waals surface area contributed by atoms with Gasteiger partial charge < -0.3 is 14.7 Å².